The Morgan fingerprint density at radius 2 is 1.71 bits per heavy atom. The van der Waals surface area contributed by atoms with Gasteiger partial charge in [0.15, 0.2) is 0 Å². The standard InChI is InChI=1S/C28H26ClNO4/c1-17(2)16-34-23-6-4-5-20(15-23)25-24(26(31)19-9-11-21(29)12-10-19)27(32)28(33)30(25)22-13-7-18(3)8-14-22/h4-15,17,25,31H,16H2,1-3H3/b26-24-. The minimum Gasteiger partial charge on any atom is -0.507 e. The number of halogens is 1. The molecule has 0 aliphatic carbocycles. The van der Waals surface area contributed by atoms with Gasteiger partial charge in [0.2, 0.25) is 0 Å². The summed E-state index contributed by atoms with van der Waals surface area (Å²) in [6.07, 6.45) is 0. The van der Waals surface area contributed by atoms with Gasteiger partial charge in [-0.05, 0) is 66.9 Å². The van der Waals surface area contributed by atoms with Crippen LogP contribution in [-0.2, 0) is 9.59 Å². The summed E-state index contributed by atoms with van der Waals surface area (Å²) in [6, 6.07) is 20.3. The SMILES string of the molecule is Cc1ccc(N2C(=O)C(=O)/C(=C(\O)c3ccc(Cl)cc3)C2c2cccc(OCC(C)C)c2)cc1. The van der Waals surface area contributed by atoms with Crippen LogP contribution in [0.2, 0.25) is 5.02 Å². The first-order valence-corrected chi connectivity index (χ1v) is 11.5. The van der Waals surface area contributed by atoms with Gasteiger partial charge in [0.05, 0.1) is 18.2 Å². The maximum Gasteiger partial charge on any atom is 0.300 e. The lowest BCUT2D eigenvalue weighted by molar-refractivity contribution is -0.132. The second-order valence-corrected chi connectivity index (χ2v) is 9.23. The Bertz CT molecular complexity index is 1250. The van der Waals surface area contributed by atoms with E-state index in [1.807, 2.05) is 43.3 Å². The zero-order valence-corrected chi connectivity index (χ0v) is 20.0. The lowest BCUT2D eigenvalue weighted by atomic mass is 9.95. The molecule has 0 bridgehead atoms. The van der Waals surface area contributed by atoms with E-state index in [2.05, 4.69) is 13.8 Å². The van der Waals surface area contributed by atoms with Gasteiger partial charge in [-0.2, -0.15) is 0 Å². The number of hydrogen-bond donors (Lipinski definition) is 1. The number of Topliss-reactive ketones (excluding diaryl/α,β-unsaturated/α-hetero) is 1. The predicted molar refractivity (Wildman–Crippen MR) is 134 cm³/mol. The Labute approximate surface area is 204 Å². The molecule has 3 aromatic carbocycles. The van der Waals surface area contributed by atoms with E-state index >= 15 is 0 Å². The zero-order valence-electron chi connectivity index (χ0n) is 19.3. The highest BCUT2D eigenvalue weighted by Crippen LogP contribution is 2.43. The average Bonchev–Trinajstić information content (AvgIpc) is 3.09. The molecule has 5 nitrogen and oxygen atoms in total. The van der Waals surface area contributed by atoms with E-state index < -0.39 is 17.7 Å². The highest BCUT2D eigenvalue weighted by atomic mass is 35.5. The van der Waals surface area contributed by atoms with E-state index in [-0.39, 0.29) is 11.3 Å². The Kier molecular flexibility index (Phi) is 6.75. The molecule has 1 unspecified atom stereocenters. The molecule has 6 heteroatoms. The first kappa shape index (κ1) is 23.6. The third kappa shape index (κ3) is 4.70. The fourth-order valence-corrected chi connectivity index (χ4v) is 4.05. The van der Waals surface area contributed by atoms with E-state index in [9.17, 15) is 14.7 Å². The molecule has 3 aromatic rings. The normalized spacial score (nSPS) is 17.4. The summed E-state index contributed by atoms with van der Waals surface area (Å²) in [5.41, 5.74) is 2.69. The third-order valence-electron chi connectivity index (χ3n) is 5.63. The van der Waals surface area contributed by atoms with Crippen molar-refractivity contribution in [2.24, 2.45) is 5.92 Å². The van der Waals surface area contributed by atoms with Crippen LogP contribution >= 0.6 is 11.6 Å². The maximum absolute atomic E-state index is 13.3. The molecule has 1 saturated heterocycles. The molecule has 0 spiro atoms. The molecular weight excluding hydrogens is 450 g/mol. The van der Waals surface area contributed by atoms with Gasteiger partial charge in [-0.3, -0.25) is 14.5 Å². The minimum atomic E-state index is -0.819. The van der Waals surface area contributed by atoms with Crippen LogP contribution in [0.15, 0.2) is 78.4 Å². The van der Waals surface area contributed by atoms with Crippen LogP contribution in [0.1, 0.15) is 36.6 Å². The molecule has 174 valence electrons. The van der Waals surface area contributed by atoms with Crippen molar-refractivity contribution < 1.29 is 19.4 Å². The van der Waals surface area contributed by atoms with Crippen LogP contribution in [0, 0.1) is 12.8 Å². The summed E-state index contributed by atoms with van der Waals surface area (Å²) in [7, 11) is 0. The van der Waals surface area contributed by atoms with Gasteiger partial charge >= 0.3 is 0 Å². The topological polar surface area (TPSA) is 66.8 Å². The summed E-state index contributed by atoms with van der Waals surface area (Å²) in [4.78, 5) is 27.9. The Morgan fingerprint density at radius 1 is 1.03 bits per heavy atom. The minimum absolute atomic E-state index is 0.0221. The summed E-state index contributed by atoms with van der Waals surface area (Å²) in [5.74, 6) is -0.716. The lowest BCUT2D eigenvalue weighted by Crippen LogP contribution is -2.29. The highest BCUT2D eigenvalue weighted by molar-refractivity contribution is 6.51. The molecule has 4 rings (SSSR count). The molecule has 1 amide bonds. The van der Waals surface area contributed by atoms with Gasteiger partial charge < -0.3 is 9.84 Å². The number of carbonyl (C=O) groups excluding carboxylic acids is 2. The molecule has 1 heterocycles. The number of amides is 1. The number of hydrogen-bond acceptors (Lipinski definition) is 4. The number of aryl methyl sites for hydroxylation is 1. The second-order valence-electron chi connectivity index (χ2n) is 8.79. The number of aliphatic hydroxyl groups excluding tert-OH is 1. The fourth-order valence-electron chi connectivity index (χ4n) is 3.92. The Hall–Kier alpha value is -3.57. The van der Waals surface area contributed by atoms with Crippen molar-refractivity contribution in [2.75, 3.05) is 11.5 Å². The second kappa shape index (κ2) is 9.74. The van der Waals surface area contributed by atoms with E-state index in [4.69, 9.17) is 16.3 Å². The van der Waals surface area contributed by atoms with E-state index in [0.29, 0.717) is 40.1 Å². The molecule has 1 aliphatic heterocycles. The average molecular weight is 476 g/mol. The number of aliphatic hydroxyl groups is 1. The molecule has 0 saturated carbocycles. The van der Waals surface area contributed by atoms with E-state index in [1.165, 1.54) is 4.90 Å². The van der Waals surface area contributed by atoms with Crippen molar-refractivity contribution in [2.45, 2.75) is 26.8 Å². The number of nitrogens with zero attached hydrogens (tertiary/aromatic N) is 1. The van der Waals surface area contributed by atoms with Crippen molar-refractivity contribution in [1.29, 1.82) is 0 Å². The van der Waals surface area contributed by atoms with Crippen molar-refractivity contribution in [1.82, 2.24) is 0 Å². The summed E-state index contributed by atoms with van der Waals surface area (Å²) in [6.45, 7) is 6.60. The fraction of sp³-hybridized carbons (Fsp3) is 0.214. The molecule has 1 N–H and O–H groups in total. The van der Waals surface area contributed by atoms with Gasteiger partial charge in [-0.1, -0.05) is 55.3 Å². The molecule has 0 aromatic heterocycles. The number of benzene rings is 3. The quantitative estimate of drug-likeness (QED) is 0.258. The van der Waals surface area contributed by atoms with Crippen molar-refractivity contribution in [3.8, 4) is 5.75 Å². The number of ether oxygens (including phenoxy) is 1. The number of carbonyl (C=O) groups is 2. The smallest absolute Gasteiger partial charge is 0.300 e. The molecule has 1 fully saturated rings. The molecule has 1 aliphatic rings. The van der Waals surface area contributed by atoms with Crippen molar-refractivity contribution in [3.63, 3.8) is 0 Å². The van der Waals surface area contributed by atoms with E-state index in [1.54, 1.807) is 36.4 Å². The van der Waals surface area contributed by atoms with Gasteiger partial charge in [-0.15, -0.1) is 0 Å². The largest absolute Gasteiger partial charge is 0.507 e. The summed E-state index contributed by atoms with van der Waals surface area (Å²) in [5, 5.41) is 11.7. The van der Waals surface area contributed by atoms with Gasteiger partial charge in [0, 0.05) is 16.3 Å². The van der Waals surface area contributed by atoms with Crippen molar-refractivity contribution >= 4 is 34.7 Å². The predicted octanol–water partition coefficient (Wildman–Crippen LogP) is 6.31. The van der Waals surface area contributed by atoms with E-state index in [0.717, 1.165) is 5.56 Å². The van der Waals surface area contributed by atoms with Gasteiger partial charge in [0.25, 0.3) is 11.7 Å². The zero-order chi connectivity index (χ0) is 24.4. The first-order chi connectivity index (χ1) is 16.3. The van der Waals surface area contributed by atoms with Crippen LogP contribution < -0.4 is 9.64 Å². The van der Waals surface area contributed by atoms with Crippen LogP contribution in [0.25, 0.3) is 5.76 Å². The van der Waals surface area contributed by atoms with Crippen LogP contribution in [0.4, 0.5) is 5.69 Å². The molecule has 1 atom stereocenters. The van der Waals surface area contributed by atoms with Crippen LogP contribution in [-0.4, -0.2) is 23.4 Å². The first-order valence-electron chi connectivity index (χ1n) is 11.1. The Morgan fingerprint density at radius 3 is 2.35 bits per heavy atom. The molecule has 34 heavy (non-hydrogen) atoms. The van der Waals surface area contributed by atoms with Crippen LogP contribution in [0.5, 0.6) is 5.75 Å². The molecular formula is C28H26ClNO4. The molecule has 0 radical (unpaired) electrons. The summed E-state index contributed by atoms with van der Waals surface area (Å²) < 4.78 is 5.89. The van der Waals surface area contributed by atoms with Crippen molar-refractivity contribution in [3.05, 3.63) is 100 Å². The van der Waals surface area contributed by atoms with Gasteiger partial charge in [-0.25, -0.2) is 0 Å². The number of anilines is 1. The Balaban J connectivity index is 1.88. The summed E-state index contributed by atoms with van der Waals surface area (Å²) >= 11 is 6.00. The lowest BCUT2D eigenvalue weighted by Gasteiger charge is -2.26. The van der Waals surface area contributed by atoms with Gasteiger partial charge in [0.1, 0.15) is 11.5 Å². The number of rotatable bonds is 6. The highest BCUT2D eigenvalue weighted by Gasteiger charge is 2.47. The third-order valence-corrected chi connectivity index (χ3v) is 5.88. The maximum atomic E-state index is 13.3. The number of ketones is 1. The monoisotopic (exact) mass is 475 g/mol. The van der Waals surface area contributed by atoms with Crippen LogP contribution in [0.3, 0.4) is 0 Å².